The number of methoxy groups -OCH3 is 1. The number of rotatable bonds is 6. The predicted molar refractivity (Wildman–Crippen MR) is 78.4 cm³/mol. The highest BCUT2D eigenvalue weighted by Gasteiger charge is 2.16. The molecule has 0 atom stereocenters. The van der Waals surface area contributed by atoms with Crippen LogP contribution in [0.25, 0.3) is 0 Å². The second-order valence-corrected chi connectivity index (χ2v) is 5.84. The first-order chi connectivity index (χ1) is 8.39. The van der Waals surface area contributed by atoms with Gasteiger partial charge in [0.05, 0.1) is 12.8 Å². The fourth-order valence-corrected chi connectivity index (χ4v) is 1.62. The van der Waals surface area contributed by atoms with Crippen molar-refractivity contribution in [1.82, 2.24) is 0 Å². The van der Waals surface area contributed by atoms with E-state index in [1.807, 2.05) is 0 Å². The predicted octanol–water partition coefficient (Wildman–Crippen LogP) is 3.22. The van der Waals surface area contributed by atoms with Crippen LogP contribution in [0.5, 0.6) is 5.75 Å². The van der Waals surface area contributed by atoms with Gasteiger partial charge < -0.3 is 15.8 Å². The van der Waals surface area contributed by atoms with Crippen LogP contribution in [0.1, 0.15) is 39.2 Å². The van der Waals surface area contributed by atoms with E-state index in [2.05, 4.69) is 51.2 Å². The Morgan fingerprint density at radius 3 is 2.50 bits per heavy atom. The van der Waals surface area contributed by atoms with Crippen LogP contribution in [0.15, 0.2) is 18.2 Å². The summed E-state index contributed by atoms with van der Waals surface area (Å²) in [5.41, 5.74) is 8.14. The van der Waals surface area contributed by atoms with Gasteiger partial charge >= 0.3 is 0 Å². The van der Waals surface area contributed by atoms with E-state index in [4.69, 9.17) is 10.5 Å². The van der Waals surface area contributed by atoms with Crippen molar-refractivity contribution in [2.24, 2.45) is 11.1 Å². The molecule has 0 saturated carbocycles. The van der Waals surface area contributed by atoms with Crippen LogP contribution in [0.3, 0.4) is 0 Å². The molecule has 0 heterocycles. The average molecular weight is 250 g/mol. The molecule has 0 aliphatic heterocycles. The normalized spacial score (nSPS) is 11.7. The molecule has 0 bridgehead atoms. The van der Waals surface area contributed by atoms with Crippen LogP contribution in [-0.2, 0) is 0 Å². The number of hydrogen-bond acceptors (Lipinski definition) is 3. The summed E-state index contributed by atoms with van der Waals surface area (Å²) in [7, 11) is 1.71. The van der Waals surface area contributed by atoms with Gasteiger partial charge in [0.15, 0.2) is 0 Å². The molecule has 18 heavy (non-hydrogen) atoms. The molecule has 1 aromatic carbocycles. The van der Waals surface area contributed by atoms with Crippen LogP contribution >= 0.6 is 0 Å². The second-order valence-electron chi connectivity index (χ2n) is 5.84. The minimum Gasteiger partial charge on any atom is -0.495 e. The summed E-state index contributed by atoms with van der Waals surface area (Å²) >= 11 is 0. The van der Waals surface area contributed by atoms with E-state index < -0.39 is 0 Å². The molecular formula is C15H26N2O. The molecule has 0 aliphatic rings. The van der Waals surface area contributed by atoms with E-state index in [9.17, 15) is 0 Å². The summed E-state index contributed by atoms with van der Waals surface area (Å²) in [6.45, 7) is 10.1. The smallest absolute Gasteiger partial charge is 0.142 e. The molecule has 3 N–H and O–H groups in total. The fourth-order valence-electron chi connectivity index (χ4n) is 1.62. The van der Waals surface area contributed by atoms with E-state index in [0.29, 0.717) is 12.5 Å². The summed E-state index contributed by atoms with van der Waals surface area (Å²) in [5.74, 6) is 1.41. The van der Waals surface area contributed by atoms with E-state index in [1.54, 1.807) is 7.11 Å². The highest BCUT2D eigenvalue weighted by Crippen LogP contribution is 2.29. The van der Waals surface area contributed by atoms with Crippen molar-refractivity contribution >= 4 is 5.69 Å². The number of nitrogens with two attached hydrogens (primary N) is 1. The molecule has 0 amide bonds. The Morgan fingerprint density at radius 2 is 2.00 bits per heavy atom. The number of benzene rings is 1. The number of hydrogen-bond donors (Lipinski definition) is 2. The summed E-state index contributed by atoms with van der Waals surface area (Å²) in [6.07, 6.45) is 0. The van der Waals surface area contributed by atoms with Crippen molar-refractivity contribution in [3.63, 3.8) is 0 Å². The summed E-state index contributed by atoms with van der Waals surface area (Å²) < 4.78 is 5.44. The average Bonchev–Trinajstić information content (AvgIpc) is 2.36. The molecule has 0 aliphatic carbocycles. The zero-order chi connectivity index (χ0) is 13.8. The van der Waals surface area contributed by atoms with Crippen molar-refractivity contribution in [1.29, 1.82) is 0 Å². The van der Waals surface area contributed by atoms with E-state index >= 15 is 0 Å². The van der Waals surface area contributed by atoms with E-state index in [1.165, 1.54) is 5.56 Å². The topological polar surface area (TPSA) is 47.3 Å². The Balaban J connectivity index is 2.83. The lowest BCUT2D eigenvalue weighted by molar-refractivity contribution is 0.399. The Kier molecular flexibility index (Phi) is 5.03. The Labute approximate surface area is 111 Å². The monoisotopic (exact) mass is 250 g/mol. The van der Waals surface area contributed by atoms with Crippen molar-refractivity contribution in [2.75, 3.05) is 25.5 Å². The standard InChI is InChI=1S/C15H26N2O/c1-11(2)12-6-7-13(14(8-12)18-5)17-10-15(3,4)9-16/h6-8,11,17H,9-10,16H2,1-5H3. The minimum absolute atomic E-state index is 0.0851. The summed E-state index contributed by atoms with van der Waals surface area (Å²) in [5, 5.41) is 3.42. The van der Waals surface area contributed by atoms with Gasteiger partial charge in [0.1, 0.15) is 5.75 Å². The lowest BCUT2D eigenvalue weighted by Crippen LogP contribution is -2.31. The van der Waals surface area contributed by atoms with Crippen LogP contribution < -0.4 is 15.8 Å². The zero-order valence-corrected chi connectivity index (χ0v) is 12.2. The molecule has 0 radical (unpaired) electrons. The minimum atomic E-state index is 0.0851. The number of nitrogens with one attached hydrogen (secondary N) is 1. The molecule has 3 heteroatoms. The van der Waals surface area contributed by atoms with E-state index in [-0.39, 0.29) is 5.41 Å². The van der Waals surface area contributed by atoms with Gasteiger partial charge in [-0.1, -0.05) is 33.8 Å². The van der Waals surface area contributed by atoms with Gasteiger partial charge in [-0.15, -0.1) is 0 Å². The van der Waals surface area contributed by atoms with Crippen LogP contribution in [-0.4, -0.2) is 20.2 Å². The van der Waals surface area contributed by atoms with Gasteiger partial charge in [-0.3, -0.25) is 0 Å². The molecule has 102 valence electrons. The maximum absolute atomic E-state index is 5.73. The van der Waals surface area contributed by atoms with Crippen molar-refractivity contribution in [3.8, 4) is 5.75 Å². The third kappa shape index (κ3) is 3.91. The molecule has 0 unspecified atom stereocenters. The molecular weight excluding hydrogens is 224 g/mol. The van der Waals surface area contributed by atoms with Gasteiger partial charge in [-0.2, -0.15) is 0 Å². The van der Waals surface area contributed by atoms with Crippen molar-refractivity contribution in [3.05, 3.63) is 23.8 Å². The van der Waals surface area contributed by atoms with Crippen LogP contribution in [0, 0.1) is 5.41 Å². The third-order valence-electron chi connectivity index (χ3n) is 3.20. The molecule has 0 aromatic heterocycles. The lowest BCUT2D eigenvalue weighted by atomic mass is 9.93. The first kappa shape index (κ1) is 14.8. The first-order valence-corrected chi connectivity index (χ1v) is 6.51. The Bertz CT molecular complexity index is 386. The highest BCUT2D eigenvalue weighted by atomic mass is 16.5. The molecule has 3 nitrogen and oxygen atoms in total. The van der Waals surface area contributed by atoms with Gasteiger partial charge in [0, 0.05) is 6.54 Å². The molecule has 1 rings (SSSR count). The molecule has 0 spiro atoms. The largest absolute Gasteiger partial charge is 0.495 e. The summed E-state index contributed by atoms with van der Waals surface area (Å²) in [4.78, 5) is 0. The number of ether oxygens (including phenoxy) is 1. The third-order valence-corrected chi connectivity index (χ3v) is 3.20. The van der Waals surface area contributed by atoms with Crippen LogP contribution in [0.4, 0.5) is 5.69 Å². The van der Waals surface area contributed by atoms with Gasteiger partial charge in [0.25, 0.3) is 0 Å². The van der Waals surface area contributed by atoms with Gasteiger partial charge in [0.2, 0.25) is 0 Å². The van der Waals surface area contributed by atoms with Gasteiger partial charge in [-0.25, -0.2) is 0 Å². The second kappa shape index (κ2) is 6.10. The van der Waals surface area contributed by atoms with Crippen LogP contribution in [0.2, 0.25) is 0 Å². The van der Waals surface area contributed by atoms with E-state index in [0.717, 1.165) is 18.0 Å². The maximum Gasteiger partial charge on any atom is 0.142 e. The van der Waals surface area contributed by atoms with Gasteiger partial charge in [-0.05, 0) is 35.6 Å². The molecule has 0 fully saturated rings. The maximum atomic E-state index is 5.73. The molecule has 1 aromatic rings. The number of anilines is 1. The Hall–Kier alpha value is -1.22. The Morgan fingerprint density at radius 1 is 1.33 bits per heavy atom. The van der Waals surface area contributed by atoms with Crippen molar-refractivity contribution < 1.29 is 4.74 Å². The SMILES string of the molecule is COc1cc(C(C)C)ccc1NCC(C)(C)CN. The van der Waals surface area contributed by atoms with Crippen molar-refractivity contribution in [2.45, 2.75) is 33.6 Å². The zero-order valence-electron chi connectivity index (χ0n) is 12.2. The summed E-state index contributed by atoms with van der Waals surface area (Å²) in [6, 6.07) is 6.33. The first-order valence-electron chi connectivity index (χ1n) is 6.51. The quantitative estimate of drug-likeness (QED) is 0.815. The lowest BCUT2D eigenvalue weighted by Gasteiger charge is -2.24. The molecule has 0 saturated heterocycles. The highest BCUT2D eigenvalue weighted by molar-refractivity contribution is 5.58. The fraction of sp³-hybridized carbons (Fsp3) is 0.600.